The van der Waals surface area contributed by atoms with Gasteiger partial charge in [-0.1, -0.05) is 34.1 Å². The molecular weight excluding hydrogens is 208 g/mol. The van der Waals surface area contributed by atoms with Gasteiger partial charge in [-0.15, -0.1) is 0 Å². The van der Waals surface area contributed by atoms with Crippen molar-refractivity contribution in [1.29, 1.82) is 0 Å². The molecule has 0 heterocycles. The van der Waals surface area contributed by atoms with Crippen molar-refractivity contribution in [1.82, 2.24) is 10.2 Å². The third-order valence-corrected chi connectivity index (χ3v) is 4.35. The van der Waals surface area contributed by atoms with Crippen LogP contribution in [0.1, 0.15) is 59.8 Å². The maximum atomic E-state index is 3.60. The van der Waals surface area contributed by atoms with Crippen LogP contribution >= 0.6 is 0 Å². The van der Waals surface area contributed by atoms with Crippen LogP contribution in [0.2, 0.25) is 0 Å². The van der Waals surface area contributed by atoms with Crippen LogP contribution in [0.25, 0.3) is 0 Å². The molecule has 0 aromatic heterocycles. The zero-order valence-corrected chi connectivity index (χ0v) is 12.6. The molecule has 1 aliphatic rings. The Kier molecular flexibility index (Phi) is 5.94. The van der Waals surface area contributed by atoms with E-state index in [1.54, 1.807) is 0 Å². The molecule has 2 heteroatoms. The van der Waals surface area contributed by atoms with Crippen LogP contribution in [0.5, 0.6) is 0 Å². The van der Waals surface area contributed by atoms with Gasteiger partial charge in [0, 0.05) is 12.1 Å². The molecule has 0 aromatic carbocycles. The molecule has 1 rings (SSSR count). The number of rotatable bonds is 6. The summed E-state index contributed by atoms with van der Waals surface area (Å²) in [7, 11) is 2.14. The van der Waals surface area contributed by atoms with Gasteiger partial charge in [0.1, 0.15) is 0 Å². The number of likely N-dealkylation sites (N-methyl/N-ethyl adjacent to an activating group) is 1. The summed E-state index contributed by atoms with van der Waals surface area (Å²) in [5.74, 6) is 0. The first kappa shape index (κ1) is 15.0. The third kappa shape index (κ3) is 3.69. The normalized spacial score (nSPS) is 28.6. The first-order valence-corrected chi connectivity index (χ1v) is 7.48. The second-order valence-corrected chi connectivity index (χ2v) is 6.25. The summed E-state index contributed by atoms with van der Waals surface area (Å²) < 4.78 is 0. The highest BCUT2D eigenvalue weighted by molar-refractivity contribution is 4.97. The maximum absolute atomic E-state index is 3.60. The van der Waals surface area contributed by atoms with Crippen molar-refractivity contribution in [3.8, 4) is 0 Å². The Morgan fingerprint density at radius 1 is 1.18 bits per heavy atom. The highest BCUT2D eigenvalue weighted by Gasteiger charge is 2.40. The van der Waals surface area contributed by atoms with Crippen molar-refractivity contribution in [3.05, 3.63) is 0 Å². The molecular formula is C15H32N2. The predicted molar refractivity (Wildman–Crippen MR) is 76.4 cm³/mol. The Morgan fingerprint density at radius 3 is 2.24 bits per heavy atom. The van der Waals surface area contributed by atoms with E-state index in [0.717, 1.165) is 6.04 Å². The summed E-state index contributed by atoms with van der Waals surface area (Å²) in [5, 5.41) is 3.60. The molecule has 0 bridgehead atoms. The van der Waals surface area contributed by atoms with E-state index < -0.39 is 0 Å². The molecule has 0 spiro atoms. The predicted octanol–water partition coefficient (Wildman–Crippen LogP) is 3.28. The van der Waals surface area contributed by atoms with Gasteiger partial charge in [-0.2, -0.15) is 0 Å². The first-order valence-electron chi connectivity index (χ1n) is 7.48. The SMILES string of the molecule is CCCN(CCC)C1CCCC(C)(C)C1NC. The average molecular weight is 240 g/mol. The fourth-order valence-corrected chi connectivity index (χ4v) is 3.60. The van der Waals surface area contributed by atoms with E-state index in [1.165, 1.54) is 45.2 Å². The van der Waals surface area contributed by atoms with Crippen molar-refractivity contribution >= 4 is 0 Å². The third-order valence-electron chi connectivity index (χ3n) is 4.35. The molecule has 2 unspecified atom stereocenters. The van der Waals surface area contributed by atoms with Crippen LogP contribution < -0.4 is 5.32 Å². The van der Waals surface area contributed by atoms with E-state index in [0.29, 0.717) is 11.5 Å². The van der Waals surface area contributed by atoms with Gasteiger partial charge in [-0.3, -0.25) is 4.90 Å². The van der Waals surface area contributed by atoms with Crippen molar-refractivity contribution in [2.45, 2.75) is 71.9 Å². The second-order valence-electron chi connectivity index (χ2n) is 6.25. The Labute approximate surface area is 108 Å². The van der Waals surface area contributed by atoms with Crippen LogP contribution in [-0.2, 0) is 0 Å². The van der Waals surface area contributed by atoms with Crippen molar-refractivity contribution < 1.29 is 0 Å². The van der Waals surface area contributed by atoms with Gasteiger partial charge >= 0.3 is 0 Å². The molecule has 1 fully saturated rings. The average Bonchev–Trinajstić information content (AvgIpc) is 2.27. The fourth-order valence-electron chi connectivity index (χ4n) is 3.60. The fraction of sp³-hybridized carbons (Fsp3) is 1.00. The lowest BCUT2D eigenvalue weighted by Crippen LogP contribution is -2.58. The first-order chi connectivity index (χ1) is 8.06. The summed E-state index contributed by atoms with van der Waals surface area (Å²) in [6.45, 7) is 12.0. The van der Waals surface area contributed by atoms with Gasteiger partial charge in [0.15, 0.2) is 0 Å². The highest BCUT2D eigenvalue weighted by atomic mass is 15.2. The number of nitrogens with zero attached hydrogens (tertiary/aromatic N) is 1. The van der Waals surface area contributed by atoms with Gasteiger partial charge in [0.2, 0.25) is 0 Å². The number of hydrogen-bond acceptors (Lipinski definition) is 2. The van der Waals surface area contributed by atoms with Gasteiger partial charge in [0.05, 0.1) is 0 Å². The van der Waals surface area contributed by atoms with Crippen molar-refractivity contribution in [2.75, 3.05) is 20.1 Å². The molecule has 1 aliphatic carbocycles. The van der Waals surface area contributed by atoms with Crippen molar-refractivity contribution in [3.63, 3.8) is 0 Å². The topological polar surface area (TPSA) is 15.3 Å². The Bertz CT molecular complexity index is 207. The van der Waals surface area contributed by atoms with Crippen LogP contribution in [0.3, 0.4) is 0 Å². The molecule has 0 radical (unpaired) electrons. The molecule has 17 heavy (non-hydrogen) atoms. The summed E-state index contributed by atoms with van der Waals surface area (Å²) in [6.07, 6.45) is 6.66. The lowest BCUT2D eigenvalue weighted by molar-refractivity contribution is 0.0519. The van der Waals surface area contributed by atoms with Gasteiger partial charge in [0.25, 0.3) is 0 Å². The van der Waals surface area contributed by atoms with Crippen molar-refractivity contribution in [2.24, 2.45) is 5.41 Å². The lowest BCUT2D eigenvalue weighted by atomic mass is 9.70. The largest absolute Gasteiger partial charge is 0.315 e. The smallest absolute Gasteiger partial charge is 0.0271 e. The van der Waals surface area contributed by atoms with Crippen LogP contribution in [0.4, 0.5) is 0 Å². The maximum Gasteiger partial charge on any atom is 0.0271 e. The lowest BCUT2D eigenvalue weighted by Gasteiger charge is -2.48. The van der Waals surface area contributed by atoms with Gasteiger partial charge in [-0.25, -0.2) is 0 Å². The van der Waals surface area contributed by atoms with E-state index in [9.17, 15) is 0 Å². The zero-order chi connectivity index (χ0) is 12.9. The van der Waals surface area contributed by atoms with E-state index in [-0.39, 0.29) is 0 Å². The molecule has 1 saturated carbocycles. The molecule has 0 amide bonds. The molecule has 0 aliphatic heterocycles. The zero-order valence-electron chi connectivity index (χ0n) is 12.6. The van der Waals surface area contributed by atoms with Crippen LogP contribution in [0.15, 0.2) is 0 Å². The minimum Gasteiger partial charge on any atom is -0.315 e. The molecule has 2 atom stereocenters. The minimum atomic E-state index is 0.442. The Morgan fingerprint density at radius 2 is 1.76 bits per heavy atom. The quantitative estimate of drug-likeness (QED) is 0.766. The standard InChI is InChI=1S/C15H32N2/c1-6-11-17(12-7-2)13-9-8-10-15(3,4)14(13)16-5/h13-14,16H,6-12H2,1-5H3. The van der Waals surface area contributed by atoms with E-state index in [2.05, 4.69) is 45.0 Å². The summed E-state index contributed by atoms with van der Waals surface area (Å²) in [4.78, 5) is 2.72. The summed E-state index contributed by atoms with van der Waals surface area (Å²) in [5.41, 5.74) is 0.442. The molecule has 0 saturated heterocycles. The number of hydrogen-bond donors (Lipinski definition) is 1. The van der Waals surface area contributed by atoms with E-state index >= 15 is 0 Å². The summed E-state index contributed by atoms with van der Waals surface area (Å²) in [6, 6.07) is 1.39. The minimum absolute atomic E-state index is 0.442. The molecule has 102 valence electrons. The van der Waals surface area contributed by atoms with E-state index in [1.807, 2.05) is 0 Å². The van der Waals surface area contributed by atoms with Gasteiger partial charge in [-0.05, 0) is 51.2 Å². The Hall–Kier alpha value is -0.0800. The Balaban J connectivity index is 2.76. The van der Waals surface area contributed by atoms with Crippen LogP contribution in [0, 0.1) is 5.41 Å². The molecule has 0 aromatic rings. The summed E-state index contributed by atoms with van der Waals surface area (Å²) >= 11 is 0. The van der Waals surface area contributed by atoms with Crippen LogP contribution in [-0.4, -0.2) is 37.1 Å². The number of nitrogens with one attached hydrogen (secondary N) is 1. The molecule has 1 N–H and O–H groups in total. The van der Waals surface area contributed by atoms with E-state index in [4.69, 9.17) is 0 Å². The monoisotopic (exact) mass is 240 g/mol. The highest BCUT2D eigenvalue weighted by Crippen LogP contribution is 2.37. The second kappa shape index (κ2) is 6.75. The van der Waals surface area contributed by atoms with Gasteiger partial charge < -0.3 is 5.32 Å². The molecule has 2 nitrogen and oxygen atoms in total.